The monoisotopic (exact) mass is 266 g/mol. The molecule has 0 heterocycles. The summed E-state index contributed by atoms with van der Waals surface area (Å²) in [4.78, 5) is 10.4. The van der Waals surface area contributed by atoms with Crippen LogP contribution in [0.5, 0.6) is 0 Å². The maximum atomic E-state index is 11.4. The number of aliphatic carboxylic acids is 1. The van der Waals surface area contributed by atoms with Crippen LogP contribution < -0.4 is 0 Å². The van der Waals surface area contributed by atoms with Crippen LogP contribution in [0.3, 0.4) is 0 Å². The Kier molecular flexibility index (Phi) is 3.06. The van der Waals surface area contributed by atoms with Crippen molar-refractivity contribution in [3.63, 3.8) is 0 Å². The molecule has 0 aliphatic heterocycles. The highest BCUT2D eigenvalue weighted by molar-refractivity contribution is 7.86. The standard InChI is InChI=1S/C12H10O5S/c13-11(14)7-9-6-5-8-3-1-2-4-10(8)12(9)18(15,16)17/h1-6H,7H2,(H,13,14)(H,15,16,17). The second kappa shape index (κ2) is 4.40. The van der Waals surface area contributed by atoms with Gasteiger partial charge in [0.25, 0.3) is 10.1 Å². The third-order valence-corrected chi connectivity index (χ3v) is 3.56. The number of carboxylic acids is 1. The minimum Gasteiger partial charge on any atom is -0.481 e. The van der Waals surface area contributed by atoms with Gasteiger partial charge in [-0.3, -0.25) is 9.35 Å². The fourth-order valence-electron chi connectivity index (χ4n) is 1.89. The minimum atomic E-state index is -4.47. The van der Waals surface area contributed by atoms with Gasteiger partial charge < -0.3 is 5.11 Å². The van der Waals surface area contributed by atoms with Gasteiger partial charge in [-0.05, 0) is 10.9 Å². The van der Waals surface area contributed by atoms with Gasteiger partial charge in [-0.15, -0.1) is 0 Å². The number of hydrogen-bond donors (Lipinski definition) is 2. The highest BCUT2D eigenvalue weighted by atomic mass is 32.2. The molecule has 5 nitrogen and oxygen atoms in total. The molecule has 0 atom stereocenters. The number of carbonyl (C=O) groups is 1. The van der Waals surface area contributed by atoms with E-state index in [1.807, 2.05) is 0 Å². The van der Waals surface area contributed by atoms with Gasteiger partial charge >= 0.3 is 5.97 Å². The van der Waals surface area contributed by atoms with Crippen LogP contribution in [-0.2, 0) is 21.3 Å². The molecule has 0 fully saturated rings. The lowest BCUT2D eigenvalue weighted by atomic mass is 10.0. The fourth-order valence-corrected chi connectivity index (χ4v) is 2.83. The van der Waals surface area contributed by atoms with E-state index >= 15 is 0 Å². The fraction of sp³-hybridized carbons (Fsp3) is 0.0833. The summed E-state index contributed by atoms with van der Waals surface area (Å²) < 4.78 is 32.1. The quantitative estimate of drug-likeness (QED) is 0.825. The average molecular weight is 266 g/mol. The van der Waals surface area contributed by atoms with Crippen LogP contribution in [0.2, 0.25) is 0 Å². The van der Waals surface area contributed by atoms with Crippen molar-refractivity contribution in [3.05, 3.63) is 42.0 Å². The molecule has 0 saturated heterocycles. The van der Waals surface area contributed by atoms with Crippen LogP contribution in [0.15, 0.2) is 41.3 Å². The molecule has 0 radical (unpaired) electrons. The average Bonchev–Trinajstić information content (AvgIpc) is 2.26. The first-order chi connectivity index (χ1) is 8.39. The molecule has 0 saturated carbocycles. The molecule has 2 aromatic rings. The molecule has 0 spiro atoms. The normalized spacial score (nSPS) is 11.6. The lowest BCUT2D eigenvalue weighted by Gasteiger charge is -2.09. The molecule has 0 unspecified atom stereocenters. The minimum absolute atomic E-state index is 0.0729. The molecular weight excluding hydrogens is 256 g/mol. The van der Waals surface area contributed by atoms with Crippen molar-refractivity contribution in [3.8, 4) is 0 Å². The first-order valence-corrected chi connectivity index (χ1v) is 6.53. The van der Waals surface area contributed by atoms with Gasteiger partial charge in [-0.2, -0.15) is 8.42 Å². The van der Waals surface area contributed by atoms with Gasteiger partial charge in [0, 0.05) is 5.39 Å². The maximum Gasteiger partial charge on any atom is 0.307 e. The van der Waals surface area contributed by atoms with Gasteiger partial charge in [0.15, 0.2) is 0 Å². The molecular formula is C12H10O5S. The number of rotatable bonds is 3. The molecule has 2 aromatic carbocycles. The number of hydrogen-bond acceptors (Lipinski definition) is 3. The van der Waals surface area contributed by atoms with Crippen molar-refractivity contribution < 1.29 is 22.9 Å². The van der Waals surface area contributed by atoms with Crippen molar-refractivity contribution >= 4 is 26.9 Å². The third kappa shape index (κ3) is 2.34. The molecule has 0 bridgehead atoms. The van der Waals surface area contributed by atoms with E-state index < -0.39 is 22.5 Å². The zero-order valence-corrected chi connectivity index (χ0v) is 10.0. The van der Waals surface area contributed by atoms with E-state index in [4.69, 9.17) is 5.11 Å². The van der Waals surface area contributed by atoms with Crippen LogP contribution in [0, 0.1) is 0 Å². The van der Waals surface area contributed by atoms with Crippen LogP contribution in [0.25, 0.3) is 10.8 Å². The van der Waals surface area contributed by atoms with E-state index in [-0.39, 0.29) is 10.5 Å². The SMILES string of the molecule is O=C(O)Cc1ccc2ccccc2c1S(=O)(=O)O. The highest BCUT2D eigenvalue weighted by Crippen LogP contribution is 2.27. The van der Waals surface area contributed by atoms with Gasteiger partial charge in [-0.25, -0.2) is 0 Å². The Morgan fingerprint density at radius 3 is 2.39 bits per heavy atom. The smallest absolute Gasteiger partial charge is 0.307 e. The third-order valence-electron chi connectivity index (χ3n) is 2.56. The Hall–Kier alpha value is -1.92. The summed E-state index contributed by atoms with van der Waals surface area (Å²) in [7, 11) is -4.47. The Morgan fingerprint density at radius 2 is 1.78 bits per heavy atom. The van der Waals surface area contributed by atoms with Crippen molar-refractivity contribution in [1.29, 1.82) is 0 Å². The summed E-state index contributed by atoms with van der Waals surface area (Å²) in [5.41, 5.74) is 0.0729. The second-order valence-electron chi connectivity index (χ2n) is 3.82. The Morgan fingerprint density at radius 1 is 1.11 bits per heavy atom. The molecule has 2 rings (SSSR count). The Balaban J connectivity index is 2.84. The first-order valence-electron chi connectivity index (χ1n) is 5.09. The molecule has 2 N–H and O–H groups in total. The molecule has 0 aliphatic rings. The Labute approximate surface area is 103 Å². The Bertz CT molecular complexity index is 718. The van der Waals surface area contributed by atoms with Gasteiger partial charge in [0.2, 0.25) is 0 Å². The number of carboxylic acid groups (broad SMARTS) is 1. The van der Waals surface area contributed by atoms with Gasteiger partial charge in [-0.1, -0.05) is 36.4 Å². The second-order valence-corrected chi connectivity index (χ2v) is 5.18. The van der Waals surface area contributed by atoms with Crippen LogP contribution in [0.4, 0.5) is 0 Å². The van der Waals surface area contributed by atoms with E-state index in [0.717, 1.165) is 0 Å². The van der Waals surface area contributed by atoms with Crippen molar-refractivity contribution in [1.82, 2.24) is 0 Å². The number of benzene rings is 2. The van der Waals surface area contributed by atoms with Crippen LogP contribution in [-0.4, -0.2) is 24.0 Å². The molecule has 18 heavy (non-hydrogen) atoms. The van der Waals surface area contributed by atoms with E-state index in [0.29, 0.717) is 10.8 Å². The van der Waals surface area contributed by atoms with Gasteiger partial charge in [0.05, 0.1) is 6.42 Å². The first kappa shape index (κ1) is 12.5. The molecule has 0 amide bonds. The van der Waals surface area contributed by atoms with Crippen LogP contribution in [0.1, 0.15) is 5.56 Å². The van der Waals surface area contributed by atoms with Gasteiger partial charge in [0.1, 0.15) is 4.90 Å². The summed E-state index contributed by atoms with van der Waals surface area (Å²) in [6, 6.07) is 9.61. The van der Waals surface area contributed by atoms with E-state index in [2.05, 4.69) is 0 Å². The highest BCUT2D eigenvalue weighted by Gasteiger charge is 2.20. The molecule has 0 aliphatic carbocycles. The lowest BCUT2D eigenvalue weighted by molar-refractivity contribution is -0.136. The lowest BCUT2D eigenvalue weighted by Crippen LogP contribution is -2.08. The zero-order chi connectivity index (χ0) is 13.3. The van der Waals surface area contributed by atoms with Crippen molar-refractivity contribution in [2.24, 2.45) is 0 Å². The summed E-state index contributed by atoms with van der Waals surface area (Å²) >= 11 is 0. The predicted octanol–water partition coefficient (Wildman–Crippen LogP) is 1.71. The summed E-state index contributed by atoms with van der Waals surface area (Å²) in [6.07, 6.45) is -0.458. The topological polar surface area (TPSA) is 91.7 Å². The van der Waals surface area contributed by atoms with Crippen LogP contribution >= 0.6 is 0 Å². The van der Waals surface area contributed by atoms with E-state index in [1.54, 1.807) is 24.3 Å². The van der Waals surface area contributed by atoms with E-state index in [9.17, 15) is 17.8 Å². The zero-order valence-electron chi connectivity index (χ0n) is 9.20. The number of fused-ring (bicyclic) bond motifs is 1. The maximum absolute atomic E-state index is 11.4. The molecule has 0 aromatic heterocycles. The van der Waals surface area contributed by atoms with Crippen molar-refractivity contribution in [2.45, 2.75) is 11.3 Å². The summed E-state index contributed by atoms with van der Waals surface area (Å²) in [5, 5.41) is 9.70. The largest absolute Gasteiger partial charge is 0.481 e. The predicted molar refractivity (Wildman–Crippen MR) is 65.1 cm³/mol. The van der Waals surface area contributed by atoms with Crippen molar-refractivity contribution in [2.75, 3.05) is 0 Å². The van der Waals surface area contributed by atoms with E-state index in [1.165, 1.54) is 12.1 Å². The summed E-state index contributed by atoms with van der Waals surface area (Å²) in [6.45, 7) is 0. The molecule has 94 valence electrons. The summed E-state index contributed by atoms with van der Waals surface area (Å²) in [5.74, 6) is -1.16. The molecule has 6 heteroatoms.